The van der Waals surface area contributed by atoms with E-state index in [-0.39, 0.29) is 34.7 Å². The Bertz CT molecular complexity index is 1040. The highest BCUT2D eigenvalue weighted by atomic mass is 16.5. The van der Waals surface area contributed by atoms with E-state index >= 15 is 0 Å². The first-order chi connectivity index (χ1) is 14.9. The Balaban J connectivity index is 1.82. The lowest BCUT2D eigenvalue weighted by Crippen LogP contribution is -2.42. The molecule has 1 amide bonds. The van der Waals surface area contributed by atoms with Crippen LogP contribution in [0.25, 0.3) is 5.69 Å². The monoisotopic (exact) mass is 424 g/mol. The third-order valence-corrected chi connectivity index (χ3v) is 5.26. The van der Waals surface area contributed by atoms with Crippen LogP contribution in [0.1, 0.15) is 46.2 Å². The second-order valence-corrected chi connectivity index (χ2v) is 7.17. The van der Waals surface area contributed by atoms with E-state index in [4.69, 9.17) is 15.2 Å². The molecule has 9 heteroatoms. The van der Waals surface area contributed by atoms with Crippen molar-refractivity contribution in [3.05, 3.63) is 47.3 Å². The molecule has 3 rings (SSSR count). The average molecular weight is 424 g/mol. The van der Waals surface area contributed by atoms with Gasteiger partial charge in [0.05, 0.1) is 30.9 Å². The summed E-state index contributed by atoms with van der Waals surface area (Å²) in [5, 5.41) is 9.23. The normalized spacial score (nSPS) is 15.8. The van der Waals surface area contributed by atoms with E-state index in [2.05, 4.69) is 0 Å². The molecule has 31 heavy (non-hydrogen) atoms. The number of rotatable bonds is 5. The van der Waals surface area contributed by atoms with Crippen LogP contribution >= 0.6 is 0 Å². The highest BCUT2D eigenvalue weighted by Gasteiger charge is 2.30. The van der Waals surface area contributed by atoms with Gasteiger partial charge in [-0.2, -0.15) is 5.26 Å². The number of carbonyl (C=O) groups excluding carboxylic acids is 3. The molecule has 1 aromatic heterocycles. The molecule has 1 aromatic carbocycles. The summed E-state index contributed by atoms with van der Waals surface area (Å²) in [4.78, 5) is 38.8. The van der Waals surface area contributed by atoms with Crippen molar-refractivity contribution in [2.45, 2.75) is 19.8 Å². The van der Waals surface area contributed by atoms with Gasteiger partial charge < -0.3 is 24.7 Å². The standard InChI is InChI=1S/C22H24N4O5/c1-3-31-21(28)15-5-4-10-25(12-15)20(27)14-6-8-17(9-7-14)26-13-16(11-23)18(24)19(26)22(29)30-2/h6-9,13,15H,3-5,10,12,24H2,1-2H3. The molecule has 162 valence electrons. The molecule has 1 atom stereocenters. The van der Waals surface area contributed by atoms with Crippen LogP contribution in [-0.4, -0.2) is 54.1 Å². The van der Waals surface area contributed by atoms with Gasteiger partial charge in [-0.1, -0.05) is 0 Å². The van der Waals surface area contributed by atoms with Crippen molar-refractivity contribution in [2.75, 3.05) is 32.5 Å². The van der Waals surface area contributed by atoms with E-state index in [9.17, 15) is 19.6 Å². The van der Waals surface area contributed by atoms with Gasteiger partial charge in [-0.05, 0) is 44.0 Å². The number of amides is 1. The number of benzene rings is 1. The fourth-order valence-electron chi connectivity index (χ4n) is 3.68. The van der Waals surface area contributed by atoms with Crippen LogP contribution in [0.3, 0.4) is 0 Å². The van der Waals surface area contributed by atoms with Crippen LogP contribution in [0.5, 0.6) is 0 Å². The molecule has 0 radical (unpaired) electrons. The first-order valence-electron chi connectivity index (χ1n) is 9.96. The zero-order valence-corrected chi connectivity index (χ0v) is 17.5. The summed E-state index contributed by atoms with van der Waals surface area (Å²) in [6.45, 7) is 2.97. The van der Waals surface area contributed by atoms with Crippen LogP contribution in [0.15, 0.2) is 30.5 Å². The predicted molar refractivity (Wildman–Crippen MR) is 111 cm³/mol. The lowest BCUT2D eigenvalue weighted by atomic mass is 9.97. The number of nitriles is 1. The Morgan fingerprint density at radius 3 is 2.58 bits per heavy atom. The molecule has 0 spiro atoms. The number of ether oxygens (including phenoxy) is 2. The van der Waals surface area contributed by atoms with Crippen molar-refractivity contribution in [1.29, 1.82) is 5.26 Å². The number of hydrogen-bond donors (Lipinski definition) is 1. The minimum atomic E-state index is -0.669. The Morgan fingerprint density at radius 1 is 1.26 bits per heavy atom. The van der Waals surface area contributed by atoms with Crippen LogP contribution in [-0.2, 0) is 14.3 Å². The number of anilines is 1. The van der Waals surface area contributed by atoms with Gasteiger partial charge in [-0.25, -0.2) is 4.79 Å². The van der Waals surface area contributed by atoms with E-state index in [1.165, 1.54) is 17.9 Å². The average Bonchev–Trinajstić information content (AvgIpc) is 3.14. The summed E-state index contributed by atoms with van der Waals surface area (Å²) in [5.74, 6) is -1.44. The number of piperidine rings is 1. The zero-order chi connectivity index (χ0) is 22.5. The molecule has 1 saturated heterocycles. The summed E-state index contributed by atoms with van der Waals surface area (Å²) < 4.78 is 11.3. The molecule has 9 nitrogen and oxygen atoms in total. The maximum absolute atomic E-state index is 12.9. The quantitative estimate of drug-likeness (QED) is 0.728. The fraction of sp³-hybridized carbons (Fsp3) is 0.364. The summed E-state index contributed by atoms with van der Waals surface area (Å²) in [6.07, 6.45) is 2.89. The van der Waals surface area contributed by atoms with Gasteiger partial charge in [-0.3, -0.25) is 9.59 Å². The van der Waals surface area contributed by atoms with Crippen LogP contribution in [0, 0.1) is 17.2 Å². The van der Waals surface area contributed by atoms with Crippen molar-refractivity contribution >= 4 is 23.5 Å². The molecule has 2 heterocycles. The van der Waals surface area contributed by atoms with Gasteiger partial charge in [0.1, 0.15) is 6.07 Å². The number of methoxy groups -OCH3 is 1. The zero-order valence-electron chi connectivity index (χ0n) is 17.5. The number of nitrogens with two attached hydrogens (primary N) is 1. The minimum absolute atomic E-state index is 0.0350. The Hall–Kier alpha value is -3.80. The number of aromatic nitrogens is 1. The lowest BCUT2D eigenvalue weighted by Gasteiger charge is -2.31. The van der Waals surface area contributed by atoms with Crippen molar-refractivity contribution in [1.82, 2.24) is 9.47 Å². The largest absolute Gasteiger partial charge is 0.466 e. The Morgan fingerprint density at radius 2 is 1.97 bits per heavy atom. The number of esters is 2. The number of hydrogen-bond acceptors (Lipinski definition) is 7. The van der Waals surface area contributed by atoms with Crippen molar-refractivity contribution in [3.63, 3.8) is 0 Å². The molecule has 0 saturated carbocycles. The highest BCUT2D eigenvalue weighted by Crippen LogP contribution is 2.25. The second-order valence-electron chi connectivity index (χ2n) is 7.17. The van der Waals surface area contributed by atoms with E-state index < -0.39 is 5.97 Å². The molecule has 1 aliphatic rings. The van der Waals surface area contributed by atoms with Crippen molar-refractivity contribution < 1.29 is 23.9 Å². The van der Waals surface area contributed by atoms with Crippen molar-refractivity contribution in [3.8, 4) is 11.8 Å². The minimum Gasteiger partial charge on any atom is -0.466 e. The van der Waals surface area contributed by atoms with Gasteiger partial charge in [0.2, 0.25) is 0 Å². The number of nitrogens with zero attached hydrogens (tertiary/aromatic N) is 3. The number of likely N-dealkylation sites (tertiary alicyclic amines) is 1. The van der Waals surface area contributed by atoms with E-state index in [1.807, 2.05) is 6.07 Å². The summed E-state index contributed by atoms with van der Waals surface area (Å²) in [6, 6.07) is 8.53. The molecular weight excluding hydrogens is 400 g/mol. The van der Waals surface area contributed by atoms with Gasteiger partial charge >= 0.3 is 11.9 Å². The van der Waals surface area contributed by atoms with E-state index in [0.717, 1.165) is 6.42 Å². The number of nitrogen functional groups attached to an aromatic ring is 1. The fourth-order valence-corrected chi connectivity index (χ4v) is 3.68. The van der Waals surface area contributed by atoms with Gasteiger partial charge in [0.15, 0.2) is 5.69 Å². The molecular formula is C22H24N4O5. The number of carbonyl (C=O) groups is 3. The molecule has 1 fully saturated rings. The second kappa shape index (κ2) is 9.34. The summed E-state index contributed by atoms with van der Waals surface area (Å²) >= 11 is 0. The first-order valence-corrected chi connectivity index (χ1v) is 9.96. The first kappa shape index (κ1) is 21.9. The molecule has 2 N–H and O–H groups in total. The maximum Gasteiger partial charge on any atom is 0.357 e. The third-order valence-electron chi connectivity index (χ3n) is 5.26. The predicted octanol–water partition coefficient (Wildman–Crippen LogP) is 2.13. The smallest absolute Gasteiger partial charge is 0.357 e. The van der Waals surface area contributed by atoms with E-state index in [0.29, 0.717) is 37.4 Å². The molecule has 2 aromatic rings. The van der Waals surface area contributed by atoms with Crippen LogP contribution in [0.2, 0.25) is 0 Å². The topological polar surface area (TPSA) is 128 Å². The molecule has 0 bridgehead atoms. The molecule has 1 aliphatic heterocycles. The third kappa shape index (κ3) is 4.38. The Labute approximate surface area is 179 Å². The Kier molecular flexibility index (Phi) is 6.60. The van der Waals surface area contributed by atoms with Gasteiger partial charge in [0, 0.05) is 30.5 Å². The highest BCUT2D eigenvalue weighted by molar-refractivity contribution is 5.96. The van der Waals surface area contributed by atoms with E-state index in [1.54, 1.807) is 36.1 Å². The van der Waals surface area contributed by atoms with Crippen molar-refractivity contribution in [2.24, 2.45) is 5.92 Å². The summed E-state index contributed by atoms with van der Waals surface area (Å²) in [7, 11) is 1.23. The van der Waals surface area contributed by atoms with Gasteiger partial charge in [0.25, 0.3) is 5.91 Å². The van der Waals surface area contributed by atoms with Crippen LogP contribution < -0.4 is 5.73 Å². The van der Waals surface area contributed by atoms with Gasteiger partial charge in [-0.15, -0.1) is 0 Å². The summed E-state index contributed by atoms with van der Waals surface area (Å²) in [5.41, 5.74) is 7.16. The molecule has 0 aliphatic carbocycles. The lowest BCUT2D eigenvalue weighted by molar-refractivity contribution is -0.149. The molecule has 1 unspecified atom stereocenters. The SMILES string of the molecule is CCOC(=O)C1CCCN(C(=O)c2ccc(-n3cc(C#N)c(N)c3C(=O)OC)cc2)C1. The maximum atomic E-state index is 12.9. The van der Waals surface area contributed by atoms with Crippen LogP contribution in [0.4, 0.5) is 5.69 Å².